The highest BCUT2D eigenvalue weighted by molar-refractivity contribution is 5.50. The van der Waals surface area contributed by atoms with Crippen LogP contribution in [0.15, 0.2) is 42.5 Å². The Hall–Kier alpha value is -1.30. The Morgan fingerprint density at radius 1 is 1.20 bits per heavy atom. The van der Waals surface area contributed by atoms with Gasteiger partial charge in [0, 0.05) is 0 Å². The molecule has 0 saturated carbocycles. The van der Waals surface area contributed by atoms with Crippen LogP contribution in [0.25, 0.3) is 6.08 Å². The summed E-state index contributed by atoms with van der Waals surface area (Å²) in [6, 6.07) is 8.68. The Bertz CT molecular complexity index is 354. The standard InChI is InChI=1S/C15H18/c1-13-7-9-15(10-8-13)12-11-14-5-3-2-4-6-14/h3,5,7-12,14H,2,4,6H2,1H3/b12-11+/t14-/m0/s1. The third-order valence-corrected chi connectivity index (χ3v) is 2.90. The minimum Gasteiger partial charge on any atom is -0.0879 e. The fourth-order valence-electron chi connectivity index (χ4n) is 1.91. The number of rotatable bonds is 2. The van der Waals surface area contributed by atoms with E-state index in [1.54, 1.807) is 0 Å². The maximum absolute atomic E-state index is 2.33. The van der Waals surface area contributed by atoms with Crippen LogP contribution in [-0.4, -0.2) is 0 Å². The van der Waals surface area contributed by atoms with Crippen molar-refractivity contribution in [3.63, 3.8) is 0 Å². The normalized spacial score (nSPS) is 21.0. The summed E-state index contributed by atoms with van der Waals surface area (Å²) < 4.78 is 0. The summed E-state index contributed by atoms with van der Waals surface area (Å²) in [5.41, 5.74) is 2.63. The fraction of sp³-hybridized carbons (Fsp3) is 0.333. The molecule has 1 aliphatic carbocycles. The lowest BCUT2D eigenvalue weighted by atomic mass is 9.95. The van der Waals surface area contributed by atoms with E-state index in [0.717, 1.165) is 0 Å². The molecule has 2 rings (SSSR count). The van der Waals surface area contributed by atoms with E-state index < -0.39 is 0 Å². The van der Waals surface area contributed by atoms with E-state index in [-0.39, 0.29) is 0 Å². The van der Waals surface area contributed by atoms with Gasteiger partial charge in [-0.2, -0.15) is 0 Å². The maximum atomic E-state index is 2.33. The lowest BCUT2D eigenvalue weighted by Crippen LogP contribution is -1.95. The molecule has 0 saturated heterocycles. The molecule has 0 aromatic heterocycles. The summed E-state index contributed by atoms with van der Waals surface area (Å²) in [5.74, 6) is 0.653. The highest BCUT2D eigenvalue weighted by atomic mass is 14.1. The van der Waals surface area contributed by atoms with Crippen LogP contribution in [0, 0.1) is 12.8 Å². The van der Waals surface area contributed by atoms with E-state index in [1.165, 1.54) is 30.4 Å². The predicted molar refractivity (Wildman–Crippen MR) is 66.7 cm³/mol. The monoisotopic (exact) mass is 198 g/mol. The van der Waals surface area contributed by atoms with Crippen molar-refractivity contribution in [3.8, 4) is 0 Å². The zero-order valence-electron chi connectivity index (χ0n) is 9.32. The van der Waals surface area contributed by atoms with Crippen molar-refractivity contribution in [2.24, 2.45) is 5.92 Å². The largest absolute Gasteiger partial charge is 0.0879 e. The second-order valence-corrected chi connectivity index (χ2v) is 4.29. The van der Waals surface area contributed by atoms with E-state index >= 15 is 0 Å². The van der Waals surface area contributed by atoms with Gasteiger partial charge in [0.25, 0.3) is 0 Å². The molecule has 15 heavy (non-hydrogen) atoms. The van der Waals surface area contributed by atoms with Crippen molar-refractivity contribution in [2.75, 3.05) is 0 Å². The highest BCUT2D eigenvalue weighted by Crippen LogP contribution is 2.19. The van der Waals surface area contributed by atoms with Gasteiger partial charge in [-0.25, -0.2) is 0 Å². The van der Waals surface area contributed by atoms with E-state index in [4.69, 9.17) is 0 Å². The van der Waals surface area contributed by atoms with Crippen molar-refractivity contribution in [1.82, 2.24) is 0 Å². The molecule has 78 valence electrons. The third kappa shape index (κ3) is 3.09. The molecule has 1 aromatic carbocycles. The summed E-state index contributed by atoms with van der Waals surface area (Å²) in [7, 11) is 0. The first-order chi connectivity index (χ1) is 7.34. The van der Waals surface area contributed by atoms with Crippen LogP contribution in [-0.2, 0) is 0 Å². The number of benzene rings is 1. The SMILES string of the molecule is Cc1ccc(/C=C/[C@H]2C=CCCC2)cc1. The molecule has 0 amide bonds. The van der Waals surface area contributed by atoms with Crippen molar-refractivity contribution >= 4 is 6.08 Å². The first kappa shape index (κ1) is 10.2. The molecule has 0 fully saturated rings. The number of allylic oxidation sites excluding steroid dienone is 3. The molecule has 0 spiro atoms. The predicted octanol–water partition coefficient (Wildman–Crippen LogP) is 4.36. The zero-order valence-corrected chi connectivity index (χ0v) is 9.32. The van der Waals surface area contributed by atoms with Gasteiger partial charge in [0.05, 0.1) is 0 Å². The topological polar surface area (TPSA) is 0 Å². The molecule has 1 atom stereocenters. The van der Waals surface area contributed by atoms with Crippen LogP contribution in [0.2, 0.25) is 0 Å². The first-order valence-electron chi connectivity index (χ1n) is 5.76. The third-order valence-electron chi connectivity index (χ3n) is 2.90. The van der Waals surface area contributed by atoms with Gasteiger partial charge in [-0.1, -0.05) is 54.1 Å². The van der Waals surface area contributed by atoms with Gasteiger partial charge in [-0.3, -0.25) is 0 Å². The average molecular weight is 198 g/mol. The molecule has 1 aromatic rings. The highest BCUT2D eigenvalue weighted by Gasteiger charge is 2.03. The van der Waals surface area contributed by atoms with Gasteiger partial charge in [0.1, 0.15) is 0 Å². The Kier molecular flexibility index (Phi) is 3.39. The van der Waals surface area contributed by atoms with Crippen LogP contribution < -0.4 is 0 Å². The van der Waals surface area contributed by atoms with Gasteiger partial charge < -0.3 is 0 Å². The summed E-state index contributed by atoms with van der Waals surface area (Å²) in [5, 5.41) is 0. The second kappa shape index (κ2) is 4.97. The van der Waals surface area contributed by atoms with Crippen molar-refractivity contribution in [1.29, 1.82) is 0 Å². The summed E-state index contributed by atoms with van der Waals surface area (Å²) in [6.07, 6.45) is 13.1. The van der Waals surface area contributed by atoms with Gasteiger partial charge in [0.15, 0.2) is 0 Å². The second-order valence-electron chi connectivity index (χ2n) is 4.29. The van der Waals surface area contributed by atoms with E-state index in [0.29, 0.717) is 5.92 Å². The minimum absolute atomic E-state index is 0.653. The number of hydrogen-bond acceptors (Lipinski definition) is 0. The molecule has 0 bridgehead atoms. The minimum atomic E-state index is 0.653. The van der Waals surface area contributed by atoms with E-state index in [9.17, 15) is 0 Å². The quantitative estimate of drug-likeness (QED) is 0.619. The molecular weight excluding hydrogens is 180 g/mol. The number of aryl methyl sites for hydroxylation is 1. The fourth-order valence-corrected chi connectivity index (χ4v) is 1.91. The van der Waals surface area contributed by atoms with Gasteiger partial charge in [0.2, 0.25) is 0 Å². The molecule has 1 aliphatic rings. The van der Waals surface area contributed by atoms with Crippen molar-refractivity contribution < 1.29 is 0 Å². The number of hydrogen-bond donors (Lipinski definition) is 0. The maximum Gasteiger partial charge on any atom is -0.00501 e. The Balaban J connectivity index is 2.01. The van der Waals surface area contributed by atoms with Crippen LogP contribution in [0.3, 0.4) is 0 Å². The molecular formula is C15H18. The smallest absolute Gasteiger partial charge is 0.00501 e. The lowest BCUT2D eigenvalue weighted by molar-refractivity contribution is 0.632. The molecule has 0 unspecified atom stereocenters. The molecule has 0 nitrogen and oxygen atoms in total. The molecule has 0 radical (unpaired) electrons. The summed E-state index contributed by atoms with van der Waals surface area (Å²) in [4.78, 5) is 0. The van der Waals surface area contributed by atoms with Crippen LogP contribution in [0.1, 0.15) is 30.4 Å². The lowest BCUT2D eigenvalue weighted by Gasteiger charge is -2.11. The average Bonchev–Trinajstić information content (AvgIpc) is 2.30. The molecule has 0 heterocycles. The Labute approximate surface area is 92.3 Å². The Morgan fingerprint density at radius 3 is 2.67 bits per heavy atom. The van der Waals surface area contributed by atoms with Gasteiger partial charge >= 0.3 is 0 Å². The van der Waals surface area contributed by atoms with E-state index in [2.05, 4.69) is 55.5 Å². The van der Waals surface area contributed by atoms with Crippen molar-refractivity contribution in [3.05, 3.63) is 53.6 Å². The van der Waals surface area contributed by atoms with Gasteiger partial charge in [-0.15, -0.1) is 0 Å². The van der Waals surface area contributed by atoms with Crippen molar-refractivity contribution in [2.45, 2.75) is 26.2 Å². The van der Waals surface area contributed by atoms with E-state index in [1.807, 2.05) is 0 Å². The summed E-state index contributed by atoms with van der Waals surface area (Å²) in [6.45, 7) is 2.12. The first-order valence-corrected chi connectivity index (χ1v) is 5.76. The van der Waals surface area contributed by atoms with Crippen LogP contribution >= 0.6 is 0 Å². The van der Waals surface area contributed by atoms with Gasteiger partial charge in [-0.05, 0) is 37.7 Å². The van der Waals surface area contributed by atoms with Crippen LogP contribution in [0.4, 0.5) is 0 Å². The molecule has 0 heteroatoms. The summed E-state index contributed by atoms with van der Waals surface area (Å²) >= 11 is 0. The molecule has 0 aliphatic heterocycles. The molecule has 0 N–H and O–H groups in total. The van der Waals surface area contributed by atoms with Crippen LogP contribution in [0.5, 0.6) is 0 Å². The zero-order chi connectivity index (χ0) is 10.5. The Morgan fingerprint density at radius 2 is 2.00 bits per heavy atom.